The molecule has 2 atom stereocenters. The van der Waals surface area contributed by atoms with Crippen molar-refractivity contribution < 1.29 is 24.1 Å². The zero-order valence-electron chi connectivity index (χ0n) is 11.9. The van der Waals surface area contributed by atoms with Crippen LogP contribution in [0.4, 0.5) is 0 Å². The van der Waals surface area contributed by atoms with Crippen LogP contribution in [0.15, 0.2) is 18.3 Å². The Morgan fingerprint density at radius 3 is 3.24 bits per heavy atom. The van der Waals surface area contributed by atoms with Crippen LogP contribution in [0.2, 0.25) is 0 Å². The summed E-state index contributed by atoms with van der Waals surface area (Å²) in [5, 5.41) is 11.7. The standard InChI is InChI=1S/C14H20N2O5/c1-19-10-2-4-15-11(8-10)14(18)16-12-9-20-6-3-13(12)21-7-5-17/h2,4,8,12-13,17H,3,5-7,9H2,1H3,(H,16,18)/t12-,13+/m1/s1. The van der Waals surface area contributed by atoms with Crippen molar-refractivity contribution in [3.8, 4) is 5.75 Å². The van der Waals surface area contributed by atoms with Crippen LogP contribution in [0.5, 0.6) is 5.75 Å². The highest BCUT2D eigenvalue weighted by Gasteiger charge is 2.28. The summed E-state index contributed by atoms with van der Waals surface area (Å²) in [6.07, 6.45) is 2.03. The highest BCUT2D eigenvalue weighted by atomic mass is 16.5. The van der Waals surface area contributed by atoms with E-state index in [4.69, 9.17) is 19.3 Å². The lowest BCUT2D eigenvalue weighted by molar-refractivity contribution is -0.0612. The van der Waals surface area contributed by atoms with Crippen LogP contribution >= 0.6 is 0 Å². The average molecular weight is 296 g/mol. The van der Waals surface area contributed by atoms with Gasteiger partial charge in [0.05, 0.1) is 39.1 Å². The molecule has 1 aromatic rings. The third kappa shape index (κ3) is 4.38. The maximum atomic E-state index is 12.2. The molecule has 1 fully saturated rings. The summed E-state index contributed by atoms with van der Waals surface area (Å²) in [6, 6.07) is 2.99. The number of amides is 1. The molecule has 7 nitrogen and oxygen atoms in total. The Morgan fingerprint density at radius 2 is 2.48 bits per heavy atom. The molecule has 1 saturated heterocycles. The van der Waals surface area contributed by atoms with E-state index >= 15 is 0 Å². The highest BCUT2D eigenvalue weighted by Crippen LogP contribution is 2.14. The van der Waals surface area contributed by atoms with Gasteiger partial charge in [0.2, 0.25) is 0 Å². The summed E-state index contributed by atoms with van der Waals surface area (Å²) in [7, 11) is 1.53. The number of aliphatic hydroxyl groups is 1. The van der Waals surface area contributed by atoms with Crippen LogP contribution in [-0.4, -0.2) is 61.7 Å². The minimum Gasteiger partial charge on any atom is -0.497 e. The molecule has 0 saturated carbocycles. The number of rotatable bonds is 6. The number of nitrogens with one attached hydrogen (secondary N) is 1. The van der Waals surface area contributed by atoms with E-state index in [0.29, 0.717) is 25.4 Å². The van der Waals surface area contributed by atoms with E-state index in [2.05, 4.69) is 10.3 Å². The highest BCUT2D eigenvalue weighted by molar-refractivity contribution is 5.92. The molecule has 1 amide bonds. The zero-order chi connectivity index (χ0) is 15.1. The van der Waals surface area contributed by atoms with E-state index in [1.165, 1.54) is 13.3 Å². The number of hydrogen-bond donors (Lipinski definition) is 2. The van der Waals surface area contributed by atoms with Gasteiger partial charge in [-0.25, -0.2) is 0 Å². The maximum absolute atomic E-state index is 12.2. The number of hydrogen-bond acceptors (Lipinski definition) is 6. The van der Waals surface area contributed by atoms with Crippen molar-refractivity contribution in [3.63, 3.8) is 0 Å². The molecule has 2 rings (SSSR count). The first-order valence-electron chi connectivity index (χ1n) is 6.85. The summed E-state index contributed by atoms with van der Waals surface area (Å²) in [5.74, 6) is 0.269. The first-order chi connectivity index (χ1) is 10.2. The normalized spacial score (nSPS) is 21.8. The van der Waals surface area contributed by atoms with E-state index in [-0.39, 0.29) is 37.0 Å². The van der Waals surface area contributed by atoms with Gasteiger partial charge in [0.1, 0.15) is 11.4 Å². The molecule has 21 heavy (non-hydrogen) atoms. The molecule has 1 aromatic heterocycles. The van der Waals surface area contributed by atoms with Crippen molar-refractivity contribution in [2.45, 2.75) is 18.6 Å². The summed E-state index contributed by atoms with van der Waals surface area (Å²) in [4.78, 5) is 16.2. The first-order valence-corrected chi connectivity index (χ1v) is 6.85. The average Bonchev–Trinajstić information content (AvgIpc) is 2.54. The summed E-state index contributed by atoms with van der Waals surface area (Å²) >= 11 is 0. The van der Waals surface area contributed by atoms with E-state index in [0.717, 1.165) is 0 Å². The van der Waals surface area contributed by atoms with Crippen molar-refractivity contribution in [2.75, 3.05) is 33.5 Å². The van der Waals surface area contributed by atoms with Crippen LogP contribution in [0.25, 0.3) is 0 Å². The molecular formula is C14H20N2O5. The van der Waals surface area contributed by atoms with Crippen molar-refractivity contribution in [1.29, 1.82) is 0 Å². The molecule has 0 bridgehead atoms. The number of methoxy groups -OCH3 is 1. The predicted octanol–water partition coefficient (Wildman–Crippen LogP) is -0.0136. The number of ether oxygens (including phenoxy) is 3. The maximum Gasteiger partial charge on any atom is 0.270 e. The van der Waals surface area contributed by atoms with Crippen molar-refractivity contribution in [1.82, 2.24) is 10.3 Å². The summed E-state index contributed by atoms with van der Waals surface area (Å²) in [5.41, 5.74) is 0.279. The van der Waals surface area contributed by atoms with Gasteiger partial charge in [0.15, 0.2) is 0 Å². The Balaban J connectivity index is 1.98. The fourth-order valence-corrected chi connectivity index (χ4v) is 2.16. The zero-order valence-corrected chi connectivity index (χ0v) is 11.9. The van der Waals surface area contributed by atoms with Gasteiger partial charge in [0, 0.05) is 18.9 Å². The second-order valence-electron chi connectivity index (χ2n) is 4.66. The quantitative estimate of drug-likeness (QED) is 0.767. The molecule has 1 aliphatic rings. The van der Waals surface area contributed by atoms with Gasteiger partial charge < -0.3 is 24.6 Å². The molecule has 0 aliphatic carbocycles. The molecule has 7 heteroatoms. The Bertz CT molecular complexity index is 468. The number of carbonyl (C=O) groups excluding carboxylic acids is 1. The third-order valence-electron chi connectivity index (χ3n) is 3.23. The molecule has 0 unspecified atom stereocenters. The van der Waals surface area contributed by atoms with Crippen LogP contribution in [-0.2, 0) is 9.47 Å². The Kier molecular flexibility index (Phi) is 5.91. The lowest BCUT2D eigenvalue weighted by atomic mass is 10.1. The Labute approximate surface area is 123 Å². The first kappa shape index (κ1) is 15.7. The topological polar surface area (TPSA) is 89.9 Å². The van der Waals surface area contributed by atoms with Crippen LogP contribution in [0.3, 0.4) is 0 Å². The fourth-order valence-electron chi connectivity index (χ4n) is 2.16. The molecule has 0 aromatic carbocycles. The number of carbonyl (C=O) groups is 1. The summed E-state index contributed by atoms with van der Waals surface area (Å²) in [6.45, 7) is 1.16. The second-order valence-corrected chi connectivity index (χ2v) is 4.66. The molecule has 2 N–H and O–H groups in total. The summed E-state index contributed by atoms with van der Waals surface area (Å²) < 4.78 is 16.0. The molecule has 2 heterocycles. The van der Waals surface area contributed by atoms with Crippen molar-refractivity contribution >= 4 is 5.91 Å². The smallest absolute Gasteiger partial charge is 0.270 e. The van der Waals surface area contributed by atoms with Crippen LogP contribution in [0.1, 0.15) is 16.9 Å². The SMILES string of the molecule is COc1ccnc(C(=O)N[C@@H]2COCC[C@@H]2OCCO)c1. The van der Waals surface area contributed by atoms with Gasteiger partial charge in [-0.1, -0.05) is 0 Å². The van der Waals surface area contributed by atoms with Gasteiger partial charge in [0.25, 0.3) is 5.91 Å². The largest absolute Gasteiger partial charge is 0.497 e. The number of pyridine rings is 1. The minimum absolute atomic E-state index is 0.0462. The number of aliphatic hydroxyl groups excluding tert-OH is 1. The number of nitrogens with zero attached hydrogens (tertiary/aromatic N) is 1. The fraction of sp³-hybridized carbons (Fsp3) is 0.571. The van der Waals surface area contributed by atoms with E-state index in [9.17, 15) is 4.79 Å². The lowest BCUT2D eigenvalue weighted by Crippen LogP contribution is -2.50. The Morgan fingerprint density at radius 1 is 1.62 bits per heavy atom. The van der Waals surface area contributed by atoms with Gasteiger partial charge in [-0.2, -0.15) is 0 Å². The predicted molar refractivity (Wildman–Crippen MR) is 74.3 cm³/mol. The lowest BCUT2D eigenvalue weighted by Gasteiger charge is -2.31. The molecular weight excluding hydrogens is 276 g/mol. The molecule has 1 aliphatic heterocycles. The van der Waals surface area contributed by atoms with E-state index in [1.54, 1.807) is 12.1 Å². The van der Waals surface area contributed by atoms with E-state index in [1.807, 2.05) is 0 Å². The monoisotopic (exact) mass is 296 g/mol. The van der Waals surface area contributed by atoms with Gasteiger partial charge in [-0.3, -0.25) is 9.78 Å². The van der Waals surface area contributed by atoms with Crippen molar-refractivity contribution in [3.05, 3.63) is 24.0 Å². The third-order valence-corrected chi connectivity index (χ3v) is 3.23. The molecule has 0 spiro atoms. The second kappa shape index (κ2) is 7.92. The van der Waals surface area contributed by atoms with Crippen molar-refractivity contribution in [2.24, 2.45) is 0 Å². The van der Waals surface area contributed by atoms with Gasteiger partial charge in [-0.05, 0) is 12.5 Å². The van der Waals surface area contributed by atoms with Gasteiger partial charge >= 0.3 is 0 Å². The Hall–Kier alpha value is -1.70. The van der Waals surface area contributed by atoms with Crippen LogP contribution in [0, 0.1) is 0 Å². The molecule has 116 valence electrons. The number of aromatic nitrogens is 1. The van der Waals surface area contributed by atoms with Gasteiger partial charge in [-0.15, -0.1) is 0 Å². The molecule has 0 radical (unpaired) electrons. The minimum atomic E-state index is -0.304. The van der Waals surface area contributed by atoms with Crippen LogP contribution < -0.4 is 10.1 Å². The van der Waals surface area contributed by atoms with E-state index < -0.39 is 0 Å².